The molecule has 0 radical (unpaired) electrons. The lowest BCUT2D eigenvalue weighted by Crippen LogP contribution is -2.38. The van der Waals surface area contributed by atoms with Crippen LogP contribution in [0.3, 0.4) is 0 Å². The van der Waals surface area contributed by atoms with Gasteiger partial charge in [-0.1, -0.05) is 19.8 Å². The molecule has 2 atom stereocenters. The Morgan fingerprint density at radius 3 is 2.88 bits per heavy atom. The van der Waals surface area contributed by atoms with Crippen molar-refractivity contribution in [1.29, 1.82) is 0 Å². The Morgan fingerprint density at radius 1 is 1.38 bits per heavy atom. The molecule has 2 aliphatic rings. The zero-order chi connectivity index (χ0) is 11.5. The first kappa shape index (κ1) is 11.4. The van der Waals surface area contributed by atoms with Crippen LogP contribution in [-0.2, 0) is 9.59 Å². The summed E-state index contributed by atoms with van der Waals surface area (Å²) in [7, 11) is 0. The van der Waals surface area contributed by atoms with Crippen molar-refractivity contribution < 1.29 is 9.59 Å². The highest BCUT2D eigenvalue weighted by molar-refractivity contribution is 5.87. The molecular formula is C12H20N2O2. The van der Waals surface area contributed by atoms with Gasteiger partial charge in [-0.3, -0.25) is 9.59 Å². The van der Waals surface area contributed by atoms with E-state index in [0.29, 0.717) is 18.9 Å². The summed E-state index contributed by atoms with van der Waals surface area (Å²) in [5.41, 5.74) is 0. The summed E-state index contributed by atoms with van der Waals surface area (Å²) in [6.07, 6.45) is 4.24. The van der Waals surface area contributed by atoms with Crippen molar-refractivity contribution in [2.45, 2.75) is 32.6 Å². The fourth-order valence-electron chi connectivity index (χ4n) is 2.71. The molecular weight excluding hydrogens is 204 g/mol. The maximum Gasteiger partial charge on any atom is 0.241 e. The van der Waals surface area contributed by atoms with E-state index in [0.717, 1.165) is 12.5 Å². The van der Waals surface area contributed by atoms with Crippen LogP contribution in [-0.4, -0.2) is 36.3 Å². The minimum Gasteiger partial charge on any atom is -0.347 e. The second kappa shape index (κ2) is 4.85. The molecule has 2 rings (SSSR count). The highest BCUT2D eigenvalue weighted by Crippen LogP contribution is 2.31. The molecule has 1 heterocycles. The van der Waals surface area contributed by atoms with Crippen LogP contribution in [0.15, 0.2) is 0 Å². The number of amides is 2. The van der Waals surface area contributed by atoms with Crippen molar-refractivity contribution >= 4 is 11.8 Å². The fourth-order valence-corrected chi connectivity index (χ4v) is 2.71. The number of nitrogens with one attached hydrogen (secondary N) is 1. The molecule has 4 heteroatoms. The maximum absolute atomic E-state index is 11.8. The van der Waals surface area contributed by atoms with Gasteiger partial charge in [0.1, 0.15) is 0 Å². The Bertz CT molecular complexity index is 291. The first-order chi connectivity index (χ1) is 7.66. The quantitative estimate of drug-likeness (QED) is 0.753. The number of carbonyl (C=O) groups is 2. The van der Waals surface area contributed by atoms with Crippen molar-refractivity contribution in [1.82, 2.24) is 10.2 Å². The predicted molar refractivity (Wildman–Crippen MR) is 60.7 cm³/mol. The predicted octanol–water partition coefficient (Wildman–Crippen LogP) is 0.771. The zero-order valence-electron chi connectivity index (χ0n) is 9.87. The van der Waals surface area contributed by atoms with E-state index in [-0.39, 0.29) is 18.4 Å². The third kappa shape index (κ3) is 2.54. The summed E-state index contributed by atoms with van der Waals surface area (Å²) in [5, 5.41) is 2.63. The molecule has 1 saturated carbocycles. The van der Waals surface area contributed by atoms with Crippen molar-refractivity contribution in [3.05, 3.63) is 0 Å². The van der Waals surface area contributed by atoms with Gasteiger partial charge in [0, 0.05) is 19.5 Å². The van der Waals surface area contributed by atoms with E-state index < -0.39 is 0 Å². The first-order valence-corrected chi connectivity index (χ1v) is 6.21. The Kier molecular flexibility index (Phi) is 3.46. The molecule has 1 aliphatic heterocycles. The van der Waals surface area contributed by atoms with Crippen LogP contribution >= 0.6 is 0 Å². The average molecular weight is 224 g/mol. The second-order valence-electron chi connectivity index (χ2n) is 5.03. The smallest absolute Gasteiger partial charge is 0.241 e. The number of carbonyl (C=O) groups excluding carboxylic acids is 2. The molecule has 0 aromatic heterocycles. The van der Waals surface area contributed by atoms with Crippen LogP contribution < -0.4 is 5.32 Å². The normalized spacial score (nSPS) is 31.4. The van der Waals surface area contributed by atoms with Crippen molar-refractivity contribution in [3.63, 3.8) is 0 Å². The number of rotatable bonds is 2. The molecule has 2 amide bonds. The summed E-state index contributed by atoms with van der Waals surface area (Å²) >= 11 is 0. The molecule has 90 valence electrons. The van der Waals surface area contributed by atoms with Crippen LogP contribution in [0.1, 0.15) is 32.6 Å². The van der Waals surface area contributed by atoms with Gasteiger partial charge in [0.2, 0.25) is 11.8 Å². The molecule has 0 aromatic rings. The van der Waals surface area contributed by atoms with E-state index in [1.54, 1.807) is 0 Å². The SMILES string of the molecule is CC1CCCC1CN1CCC(=O)NCC1=O. The largest absolute Gasteiger partial charge is 0.347 e. The Labute approximate surface area is 96.4 Å². The molecule has 1 aliphatic carbocycles. The summed E-state index contributed by atoms with van der Waals surface area (Å²) in [6.45, 7) is 3.88. The third-order valence-electron chi connectivity index (χ3n) is 3.89. The molecule has 0 bridgehead atoms. The Morgan fingerprint density at radius 2 is 2.19 bits per heavy atom. The van der Waals surface area contributed by atoms with Gasteiger partial charge in [0.15, 0.2) is 0 Å². The van der Waals surface area contributed by atoms with Gasteiger partial charge in [-0.2, -0.15) is 0 Å². The van der Waals surface area contributed by atoms with E-state index in [2.05, 4.69) is 12.2 Å². The number of hydrogen-bond donors (Lipinski definition) is 1. The van der Waals surface area contributed by atoms with Gasteiger partial charge < -0.3 is 10.2 Å². The Hall–Kier alpha value is -1.06. The lowest BCUT2D eigenvalue weighted by molar-refractivity contribution is -0.130. The van der Waals surface area contributed by atoms with E-state index in [1.807, 2.05) is 4.90 Å². The van der Waals surface area contributed by atoms with Crippen molar-refractivity contribution in [2.75, 3.05) is 19.6 Å². The summed E-state index contributed by atoms with van der Waals surface area (Å²) < 4.78 is 0. The van der Waals surface area contributed by atoms with Crippen LogP contribution in [0.4, 0.5) is 0 Å². The third-order valence-corrected chi connectivity index (χ3v) is 3.89. The van der Waals surface area contributed by atoms with Crippen LogP contribution in [0, 0.1) is 11.8 Å². The molecule has 2 fully saturated rings. The minimum atomic E-state index is -0.00433. The summed E-state index contributed by atoms with van der Waals surface area (Å²) in [4.78, 5) is 24.8. The molecule has 1 saturated heterocycles. The van der Waals surface area contributed by atoms with Crippen LogP contribution in [0.5, 0.6) is 0 Å². The van der Waals surface area contributed by atoms with E-state index in [4.69, 9.17) is 0 Å². The molecule has 0 spiro atoms. The molecule has 4 nitrogen and oxygen atoms in total. The van der Waals surface area contributed by atoms with Gasteiger partial charge in [0.05, 0.1) is 6.54 Å². The highest BCUT2D eigenvalue weighted by atomic mass is 16.2. The highest BCUT2D eigenvalue weighted by Gasteiger charge is 2.28. The van der Waals surface area contributed by atoms with Crippen molar-refractivity contribution in [2.24, 2.45) is 11.8 Å². The van der Waals surface area contributed by atoms with Gasteiger partial charge in [-0.25, -0.2) is 0 Å². The monoisotopic (exact) mass is 224 g/mol. The molecule has 0 aromatic carbocycles. The zero-order valence-corrected chi connectivity index (χ0v) is 9.87. The number of hydrogen-bond acceptors (Lipinski definition) is 2. The van der Waals surface area contributed by atoms with Gasteiger partial charge >= 0.3 is 0 Å². The van der Waals surface area contributed by atoms with Gasteiger partial charge in [0.25, 0.3) is 0 Å². The Balaban J connectivity index is 1.92. The lowest BCUT2D eigenvalue weighted by atomic mass is 9.97. The standard InChI is InChI=1S/C12H20N2O2/c1-9-3-2-4-10(9)8-14-6-5-11(15)13-7-12(14)16/h9-10H,2-8H2,1H3,(H,13,15). The molecule has 1 N–H and O–H groups in total. The minimum absolute atomic E-state index is 0.00433. The van der Waals surface area contributed by atoms with Crippen molar-refractivity contribution in [3.8, 4) is 0 Å². The van der Waals surface area contributed by atoms with E-state index in [9.17, 15) is 9.59 Å². The van der Waals surface area contributed by atoms with Crippen LogP contribution in [0.2, 0.25) is 0 Å². The van der Waals surface area contributed by atoms with Crippen LogP contribution in [0.25, 0.3) is 0 Å². The van der Waals surface area contributed by atoms with Gasteiger partial charge in [-0.15, -0.1) is 0 Å². The average Bonchev–Trinajstić information content (AvgIpc) is 2.59. The fraction of sp³-hybridized carbons (Fsp3) is 0.833. The van der Waals surface area contributed by atoms with E-state index in [1.165, 1.54) is 19.3 Å². The van der Waals surface area contributed by atoms with E-state index >= 15 is 0 Å². The molecule has 2 unspecified atom stereocenters. The topological polar surface area (TPSA) is 49.4 Å². The first-order valence-electron chi connectivity index (χ1n) is 6.21. The second-order valence-corrected chi connectivity index (χ2v) is 5.03. The summed E-state index contributed by atoms with van der Waals surface area (Å²) in [5.74, 6) is 1.43. The maximum atomic E-state index is 11.8. The molecule has 16 heavy (non-hydrogen) atoms. The number of nitrogens with zero attached hydrogens (tertiary/aromatic N) is 1. The van der Waals surface area contributed by atoms with Gasteiger partial charge in [-0.05, 0) is 18.3 Å². The summed E-state index contributed by atoms with van der Waals surface area (Å²) in [6, 6.07) is 0. The lowest BCUT2D eigenvalue weighted by Gasteiger charge is -2.25.